The molecule has 0 atom stereocenters. The van der Waals surface area contributed by atoms with Crippen LogP contribution in [0.1, 0.15) is 37.1 Å². The van der Waals surface area contributed by atoms with Gasteiger partial charge in [-0.1, -0.05) is 11.3 Å². The number of aliphatic hydroxyl groups excluding tert-OH is 1. The maximum atomic E-state index is 13.2. The summed E-state index contributed by atoms with van der Waals surface area (Å²) in [6, 6.07) is 4.98. The molecule has 2 aliphatic rings. The highest BCUT2D eigenvalue weighted by Gasteiger charge is 2.47. The third-order valence-corrected chi connectivity index (χ3v) is 8.68. The first-order valence-electron chi connectivity index (χ1n) is 10.7. The molecule has 1 aliphatic heterocycles. The Morgan fingerprint density at radius 2 is 2.03 bits per heavy atom. The Balaban J connectivity index is 1.62. The average Bonchev–Trinajstić information content (AvgIpc) is 3.22. The summed E-state index contributed by atoms with van der Waals surface area (Å²) in [4.78, 5) is 1.97. The number of rotatable bonds is 7. The number of benzene rings is 1. The zero-order valence-corrected chi connectivity index (χ0v) is 19.5. The Morgan fingerprint density at radius 1 is 1.29 bits per heavy atom. The lowest BCUT2D eigenvalue weighted by molar-refractivity contribution is 0.150. The van der Waals surface area contributed by atoms with Gasteiger partial charge in [-0.2, -0.15) is 15.1 Å². The number of nitriles is 1. The molecule has 34 heavy (non-hydrogen) atoms. The van der Waals surface area contributed by atoms with Crippen molar-refractivity contribution in [2.45, 2.75) is 42.5 Å². The van der Waals surface area contributed by atoms with Crippen molar-refractivity contribution < 1.29 is 22.3 Å². The van der Waals surface area contributed by atoms with Crippen LogP contribution in [0.25, 0.3) is 16.0 Å². The fourth-order valence-electron chi connectivity index (χ4n) is 4.09. The van der Waals surface area contributed by atoms with E-state index < -0.39 is 27.0 Å². The van der Waals surface area contributed by atoms with E-state index in [1.807, 2.05) is 11.0 Å². The quantitative estimate of drug-likeness (QED) is 0.495. The van der Waals surface area contributed by atoms with Crippen LogP contribution in [0.3, 0.4) is 0 Å². The fourth-order valence-corrected chi connectivity index (χ4v) is 6.17. The predicted molar refractivity (Wildman–Crippen MR) is 119 cm³/mol. The second-order valence-corrected chi connectivity index (χ2v) is 11.2. The monoisotopic (exact) mass is 509 g/mol. The van der Waals surface area contributed by atoms with E-state index in [0.717, 1.165) is 12.8 Å². The van der Waals surface area contributed by atoms with E-state index in [1.165, 1.54) is 10.7 Å². The molecule has 0 spiro atoms. The van der Waals surface area contributed by atoms with Crippen LogP contribution in [0.4, 0.5) is 14.5 Å². The van der Waals surface area contributed by atoms with E-state index in [9.17, 15) is 27.6 Å². The van der Waals surface area contributed by atoms with Crippen molar-refractivity contribution in [3.05, 3.63) is 23.3 Å². The van der Waals surface area contributed by atoms with Gasteiger partial charge in [0.15, 0.2) is 5.01 Å². The van der Waals surface area contributed by atoms with Gasteiger partial charge in [0.25, 0.3) is 6.43 Å². The number of aromatic nitrogens is 4. The number of hydrogen-bond acceptors (Lipinski definition) is 9. The summed E-state index contributed by atoms with van der Waals surface area (Å²) in [7, 11) is -4.05. The SMILES string of the molecule is N#CC1(NS(=O)(=O)c2cc(N3CCC(CO)CC3)c3cnn(-c4nnc(C(F)F)s4)c3c2)CC1. The Kier molecular flexibility index (Phi) is 5.75. The summed E-state index contributed by atoms with van der Waals surface area (Å²) >= 11 is 0.674. The highest BCUT2D eigenvalue weighted by atomic mass is 32.2. The molecule has 14 heteroatoms. The van der Waals surface area contributed by atoms with Gasteiger partial charge in [-0.25, -0.2) is 21.9 Å². The molecule has 1 aromatic carbocycles. The molecule has 3 heterocycles. The number of sulfonamides is 1. The number of anilines is 1. The van der Waals surface area contributed by atoms with Crippen molar-refractivity contribution in [3.8, 4) is 11.2 Å². The molecule has 180 valence electrons. The first kappa shape index (κ1) is 23.0. The fraction of sp³-hybridized carbons (Fsp3) is 0.500. The molecule has 0 amide bonds. The van der Waals surface area contributed by atoms with Crippen molar-refractivity contribution in [1.82, 2.24) is 24.7 Å². The molecule has 3 aromatic rings. The van der Waals surface area contributed by atoms with E-state index in [-0.39, 0.29) is 22.6 Å². The van der Waals surface area contributed by atoms with Gasteiger partial charge in [-0.15, -0.1) is 10.2 Å². The minimum atomic E-state index is -4.05. The van der Waals surface area contributed by atoms with Gasteiger partial charge >= 0.3 is 0 Å². The molecular weight excluding hydrogens is 488 g/mol. The molecule has 0 bridgehead atoms. The van der Waals surface area contributed by atoms with Crippen LogP contribution in [-0.4, -0.2) is 58.7 Å². The molecule has 2 aromatic heterocycles. The molecular formula is C20H21F2N7O3S2. The normalized spacial score (nSPS) is 18.5. The number of halogens is 2. The number of hydrogen-bond donors (Lipinski definition) is 2. The van der Waals surface area contributed by atoms with Crippen LogP contribution < -0.4 is 9.62 Å². The third kappa shape index (κ3) is 4.13. The summed E-state index contributed by atoms with van der Waals surface area (Å²) in [6.45, 7) is 1.32. The average molecular weight is 510 g/mol. The smallest absolute Gasteiger partial charge is 0.291 e. The lowest BCUT2D eigenvalue weighted by atomic mass is 9.97. The topological polar surface area (TPSA) is 137 Å². The van der Waals surface area contributed by atoms with Gasteiger partial charge in [0.05, 0.1) is 22.7 Å². The minimum Gasteiger partial charge on any atom is -0.396 e. The molecule has 2 N–H and O–H groups in total. The molecule has 0 radical (unpaired) electrons. The Labute approximate surface area is 197 Å². The van der Waals surface area contributed by atoms with Crippen LogP contribution in [0.5, 0.6) is 0 Å². The first-order valence-corrected chi connectivity index (χ1v) is 13.0. The first-order chi connectivity index (χ1) is 16.2. The molecule has 10 nitrogen and oxygen atoms in total. The molecule has 2 fully saturated rings. The second kappa shape index (κ2) is 8.49. The lowest BCUT2D eigenvalue weighted by Crippen LogP contribution is -2.36. The van der Waals surface area contributed by atoms with Gasteiger partial charge in [-0.05, 0) is 43.7 Å². The lowest BCUT2D eigenvalue weighted by Gasteiger charge is -2.33. The third-order valence-electron chi connectivity index (χ3n) is 6.26. The van der Waals surface area contributed by atoms with Crippen molar-refractivity contribution in [1.29, 1.82) is 5.26 Å². The molecule has 1 aliphatic carbocycles. The maximum absolute atomic E-state index is 13.2. The van der Waals surface area contributed by atoms with Gasteiger partial charge in [0.2, 0.25) is 15.2 Å². The maximum Gasteiger partial charge on any atom is 0.291 e. The summed E-state index contributed by atoms with van der Waals surface area (Å²) in [5, 5.41) is 30.7. The summed E-state index contributed by atoms with van der Waals surface area (Å²) in [5.74, 6) is 0.183. The van der Waals surface area contributed by atoms with Crippen LogP contribution >= 0.6 is 11.3 Å². The second-order valence-electron chi connectivity index (χ2n) is 8.57. The van der Waals surface area contributed by atoms with E-state index in [2.05, 4.69) is 20.0 Å². The van der Waals surface area contributed by atoms with E-state index in [4.69, 9.17) is 0 Å². The van der Waals surface area contributed by atoms with Gasteiger partial charge in [0, 0.05) is 30.8 Å². The summed E-state index contributed by atoms with van der Waals surface area (Å²) in [5.41, 5.74) is -0.0964. The number of nitrogens with one attached hydrogen (secondary N) is 1. The number of alkyl halides is 2. The highest BCUT2D eigenvalue weighted by molar-refractivity contribution is 7.89. The largest absolute Gasteiger partial charge is 0.396 e. The van der Waals surface area contributed by atoms with Crippen molar-refractivity contribution in [3.63, 3.8) is 0 Å². The number of aliphatic hydroxyl groups is 1. The molecule has 5 rings (SSSR count). The molecule has 1 saturated carbocycles. The Bertz CT molecular complexity index is 1370. The summed E-state index contributed by atoms with van der Waals surface area (Å²) < 4.78 is 56.4. The number of nitrogens with zero attached hydrogens (tertiary/aromatic N) is 6. The standard InChI is InChI=1S/C20H21F2N7O3S2/c21-17(22)18-25-26-19(33-18)29-16-8-13(34(31,32)27-20(11-23)3-4-20)7-15(14(16)9-24-29)28-5-1-12(10-30)2-6-28/h7-9,12,17,27,30H,1-6,10H2. The number of piperidine rings is 1. The molecule has 1 saturated heterocycles. The van der Waals surface area contributed by atoms with Gasteiger partial charge < -0.3 is 10.0 Å². The van der Waals surface area contributed by atoms with Crippen molar-refractivity contribution in [2.75, 3.05) is 24.6 Å². The van der Waals surface area contributed by atoms with Gasteiger partial charge in [-0.3, -0.25) is 0 Å². The Morgan fingerprint density at radius 3 is 2.62 bits per heavy atom. The van der Waals surface area contributed by atoms with Crippen LogP contribution in [0.2, 0.25) is 0 Å². The van der Waals surface area contributed by atoms with E-state index >= 15 is 0 Å². The zero-order valence-electron chi connectivity index (χ0n) is 17.9. The minimum absolute atomic E-state index is 0.0545. The Hall–Kier alpha value is -2.73. The zero-order chi connectivity index (χ0) is 24.1. The molecule has 0 unspecified atom stereocenters. The highest BCUT2D eigenvalue weighted by Crippen LogP contribution is 2.38. The van der Waals surface area contributed by atoms with E-state index in [0.29, 0.717) is 53.9 Å². The van der Waals surface area contributed by atoms with Crippen LogP contribution in [-0.2, 0) is 10.0 Å². The number of fused-ring (bicyclic) bond motifs is 1. The predicted octanol–water partition coefficient (Wildman–Crippen LogP) is 2.36. The van der Waals surface area contributed by atoms with E-state index in [1.54, 1.807) is 12.3 Å². The van der Waals surface area contributed by atoms with Gasteiger partial charge in [0.1, 0.15) is 5.54 Å². The van der Waals surface area contributed by atoms with Crippen molar-refractivity contribution >= 4 is 38.0 Å². The summed E-state index contributed by atoms with van der Waals surface area (Å²) in [6.07, 6.45) is 1.13. The van der Waals surface area contributed by atoms with Crippen LogP contribution in [0, 0.1) is 17.2 Å². The van der Waals surface area contributed by atoms with Crippen molar-refractivity contribution in [2.24, 2.45) is 5.92 Å². The van der Waals surface area contributed by atoms with Crippen LogP contribution in [0.15, 0.2) is 23.2 Å².